The van der Waals surface area contributed by atoms with E-state index in [1.54, 1.807) is 6.92 Å². The van der Waals surface area contributed by atoms with E-state index in [2.05, 4.69) is 15.9 Å². The summed E-state index contributed by atoms with van der Waals surface area (Å²) in [4.78, 5) is 10.2. The van der Waals surface area contributed by atoms with Crippen LogP contribution in [0.1, 0.15) is 24.8 Å². The Morgan fingerprint density at radius 3 is 2.64 bits per heavy atom. The molecule has 1 aromatic carbocycles. The van der Waals surface area contributed by atoms with Crippen LogP contribution in [0, 0.1) is 11.6 Å². The summed E-state index contributed by atoms with van der Waals surface area (Å²) in [6, 6.07) is 2.92. The van der Waals surface area contributed by atoms with Crippen LogP contribution in [0.5, 0.6) is 0 Å². The number of hydrogen-bond donors (Lipinski definition) is 0. The summed E-state index contributed by atoms with van der Waals surface area (Å²) < 4.78 is 26.5. The Hall–Kier alpha value is -0.770. The van der Waals surface area contributed by atoms with Crippen LogP contribution in [0.15, 0.2) is 16.6 Å². The number of benzene rings is 1. The van der Waals surface area contributed by atoms with Crippen molar-refractivity contribution < 1.29 is 13.6 Å². The molecule has 0 radical (unpaired) electrons. The van der Waals surface area contributed by atoms with Crippen LogP contribution >= 0.6 is 15.9 Å². The van der Waals surface area contributed by atoms with Gasteiger partial charge in [-0.1, -0.05) is 13.0 Å². The molecule has 0 N–H and O–H groups in total. The molecule has 0 saturated heterocycles. The molecule has 0 aliphatic rings. The monoisotopic (exact) mass is 262 g/mol. The molecule has 0 aliphatic carbocycles. The average Bonchev–Trinajstić information content (AvgIpc) is 2.15. The molecular formula is C10H9BrF2O. The van der Waals surface area contributed by atoms with Crippen molar-refractivity contribution in [2.75, 3.05) is 0 Å². The number of halogens is 3. The standard InChI is InChI=1S/C10H9BrF2O/c1-6(4-5-14)7-2-3-8(11)10(13)9(7)12/h2-3,5-6H,4H2,1H3. The summed E-state index contributed by atoms with van der Waals surface area (Å²) in [7, 11) is 0. The van der Waals surface area contributed by atoms with Gasteiger partial charge in [-0.05, 0) is 33.5 Å². The molecule has 4 heteroatoms. The molecule has 1 nitrogen and oxygen atoms in total. The van der Waals surface area contributed by atoms with Crippen molar-refractivity contribution in [1.29, 1.82) is 0 Å². The number of rotatable bonds is 3. The molecular weight excluding hydrogens is 254 g/mol. The van der Waals surface area contributed by atoms with E-state index in [4.69, 9.17) is 0 Å². The summed E-state index contributed by atoms with van der Waals surface area (Å²) in [5, 5.41) is 0. The minimum Gasteiger partial charge on any atom is -0.303 e. The fourth-order valence-corrected chi connectivity index (χ4v) is 1.50. The molecule has 1 aromatic rings. The Morgan fingerprint density at radius 2 is 2.07 bits per heavy atom. The van der Waals surface area contributed by atoms with Gasteiger partial charge in [0.1, 0.15) is 6.29 Å². The van der Waals surface area contributed by atoms with Gasteiger partial charge in [0.05, 0.1) is 4.47 Å². The summed E-state index contributed by atoms with van der Waals surface area (Å²) in [5.41, 5.74) is 0.234. The topological polar surface area (TPSA) is 17.1 Å². The average molecular weight is 263 g/mol. The summed E-state index contributed by atoms with van der Waals surface area (Å²) >= 11 is 2.88. The largest absolute Gasteiger partial charge is 0.303 e. The van der Waals surface area contributed by atoms with Gasteiger partial charge in [0.15, 0.2) is 11.6 Å². The maximum Gasteiger partial charge on any atom is 0.173 e. The zero-order chi connectivity index (χ0) is 10.7. The van der Waals surface area contributed by atoms with Crippen LogP contribution in [-0.2, 0) is 4.79 Å². The predicted molar refractivity (Wildman–Crippen MR) is 53.2 cm³/mol. The molecule has 0 aliphatic heterocycles. The second kappa shape index (κ2) is 4.64. The number of carbonyl (C=O) groups is 1. The van der Waals surface area contributed by atoms with Crippen molar-refractivity contribution in [2.24, 2.45) is 0 Å². The number of aldehydes is 1. The maximum atomic E-state index is 13.3. The molecule has 0 spiro atoms. The zero-order valence-corrected chi connectivity index (χ0v) is 9.14. The van der Waals surface area contributed by atoms with E-state index in [9.17, 15) is 13.6 Å². The highest BCUT2D eigenvalue weighted by Crippen LogP contribution is 2.27. The quantitative estimate of drug-likeness (QED) is 0.603. The van der Waals surface area contributed by atoms with Crippen LogP contribution in [-0.4, -0.2) is 6.29 Å². The molecule has 0 amide bonds. The first kappa shape index (κ1) is 11.3. The lowest BCUT2D eigenvalue weighted by Gasteiger charge is -2.10. The zero-order valence-electron chi connectivity index (χ0n) is 7.56. The van der Waals surface area contributed by atoms with E-state index in [1.165, 1.54) is 12.1 Å². The third kappa shape index (κ3) is 2.18. The summed E-state index contributed by atoms with van der Waals surface area (Å²) in [6.45, 7) is 1.68. The minimum atomic E-state index is -0.903. The molecule has 76 valence electrons. The van der Waals surface area contributed by atoms with Gasteiger partial charge in [0, 0.05) is 6.42 Å². The van der Waals surface area contributed by atoms with E-state index in [0.717, 1.165) is 0 Å². The normalized spacial score (nSPS) is 12.6. The first-order chi connectivity index (χ1) is 6.57. The Kier molecular flexibility index (Phi) is 3.75. The molecule has 0 aromatic heterocycles. The molecule has 14 heavy (non-hydrogen) atoms. The number of hydrogen-bond acceptors (Lipinski definition) is 1. The lowest BCUT2D eigenvalue weighted by atomic mass is 9.98. The SMILES string of the molecule is CC(CC=O)c1ccc(Br)c(F)c1F. The summed E-state index contributed by atoms with van der Waals surface area (Å²) in [5.74, 6) is -2.08. The lowest BCUT2D eigenvalue weighted by Crippen LogP contribution is -2.01. The van der Waals surface area contributed by atoms with Gasteiger partial charge in [-0.15, -0.1) is 0 Å². The molecule has 0 heterocycles. The van der Waals surface area contributed by atoms with Gasteiger partial charge in [0.2, 0.25) is 0 Å². The van der Waals surface area contributed by atoms with Gasteiger partial charge in [-0.25, -0.2) is 8.78 Å². The van der Waals surface area contributed by atoms with Crippen molar-refractivity contribution in [1.82, 2.24) is 0 Å². The van der Waals surface area contributed by atoms with Gasteiger partial charge >= 0.3 is 0 Å². The van der Waals surface area contributed by atoms with Crippen molar-refractivity contribution in [3.05, 3.63) is 33.8 Å². The summed E-state index contributed by atoms with van der Waals surface area (Å²) in [6.07, 6.45) is 0.891. The minimum absolute atomic E-state index is 0.0945. The molecule has 1 rings (SSSR count). The van der Waals surface area contributed by atoms with E-state index in [1.807, 2.05) is 0 Å². The first-order valence-corrected chi connectivity index (χ1v) is 4.94. The fourth-order valence-electron chi connectivity index (χ4n) is 1.19. The Balaban J connectivity index is 3.10. The molecule has 0 bridgehead atoms. The van der Waals surface area contributed by atoms with Gasteiger partial charge in [-0.2, -0.15) is 0 Å². The lowest BCUT2D eigenvalue weighted by molar-refractivity contribution is -0.108. The van der Waals surface area contributed by atoms with Crippen LogP contribution in [0.25, 0.3) is 0 Å². The second-order valence-corrected chi connectivity index (χ2v) is 3.92. The van der Waals surface area contributed by atoms with Crippen molar-refractivity contribution in [3.8, 4) is 0 Å². The van der Waals surface area contributed by atoms with Crippen molar-refractivity contribution in [3.63, 3.8) is 0 Å². The Bertz CT molecular complexity index is 352. The van der Waals surface area contributed by atoms with Gasteiger partial charge < -0.3 is 4.79 Å². The van der Waals surface area contributed by atoms with E-state index >= 15 is 0 Å². The smallest absolute Gasteiger partial charge is 0.173 e. The van der Waals surface area contributed by atoms with Crippen LogP contribution in [0.2, 0.25) is 0 Å². The van der Waals surface area contributed by atoms with Gasteiger partial charge in [-0.3, -0.25) is 0 Å². The Morgan fingerprint density at radius 1 is 1.43 bits per heavy atom. The van der Waals surface area contributed by atoms with E-state index in [0.29, 0.717) is 6.29 Å². The van der Waals surface area contributed by atoms with Gasteiger partial charge in [0.25, 0.3) is 0 Å². The highest BCUT2D eigenvalue weighted by Gasteiger charge is 2.16. The van der Waals surface area contributed by atoms with E-state index in [-0.39, 0.29) is 22.4 Å². The molecule has 1 atom stereocenters. The second-order valence-electron chi connectivity index (χ2n) is 3.07. The Labute approximate surface area is 89.3 Å². The van der Waals surface area contributed by atoms with Crippen molar-refractivity contribution in [2.45, 2.75) is 19.3 Å². The van der Waals surface area contributed by atoms with Crippen molar-refractivity contribution >= 4 is 22.2 Å². The number of carbonyl (C=O) groups excluding carboxylic acids is 1. The molecule has 0 fully saturated rings. The predicted octanol–water partition coefficient (Wildman–Crippen LogP) is 3.42. The highest BCUT2D eigenvalue weighted by atomic mass is 79.9. The van der Waals surface area contributed by atoms with Crippen LogP contribution < -0.4 is 0 Å². The first-order valence-electron chi connectivity index (χ1n) is 4.15. The third-order valence-electron chi connectivity index (χ3n) is 2.05. The van der Waals surface area contributed by atoms with Crippen LogP contribution in [0.3, 0.4) is 0 Å². The molecule has 1 unspecified atom stereocenters. The highest BCUT2D eigenvalue weighted by molar-refractivity contribution is 9.10. The van der Waals surface area contributed by atoms with Crippen LogP contribution in [0.4, 0.5) is 8.78 Å². The van der Waals surface area contributed by atoms with E-state index < -0.39 is 11.6 Å². The fraction of sp³-hybridized carbons (Fsp3) is 0.300. The maximum absolute atomic E-state index is 13.3. The third-order valence-corrected chi connectivity index (χ3v) is 2.66. The molecule has 0 saturated carbocycles.